The zero-order valence-corrected chi connectivity index (χ0v) is 11.9. The van der Waals surface area contributed by atoms with Gasteiger partial charge in [-0.15, -0.1) is 12.3 Å². The maximum atomic E-state index is 5.32. The maximum Gasteiger partial charge on any atom is 0.0798 e. The number of nitrogens with zero attached hydrogens (tertiary/aromatic N) is 2. The summed E-state index contributed by atoms with van der Waals surface area (Å²) in [7, 11) is 0. The van der Waals surface area contributed by atoms with Crippen LogP contribution in [0.5, 0.6) is 0 Å². The predicted molar refractivity (Wildman–Crippen MR) is 82.7 cm³/mol. The summed E-state index contributed by atoms with van der Waals surface area (Å²) < 4.78 is 1.92. The summed E-state index contributed by atoms with van der Waals surface area (Å²) in [4.78, 5) is 0. The number of aromatic nitrogens is 2. The van der Waals surface area contributed by atoms with Crippen molar-refractivity contribution in [2.24, 2.45) is 0 Å². The van der Waals surface area contributed by atoms with Gasteiger partial charge in [-0.1, -0.05) is 25.1 Å². The maximum absolute atomic E-state index is 5.32. The highest BCUT2D eigenvalue weighted by atomic mass is 15.3. The molecule has 104 valence electrons. The molecule has 2 aromatic rings. The van der Waals surface area contributed by atoms with Crippen molar-refractivity contribution in [3.05, 3.63) is 48.3 Å². The first-order valence-electron chi connectivity index (χ1n) is 7.13. The van der Waals surface area contributed by atoms with Crippen LogP contribution in [0, 0.1) is 12.3 Å². The van der Waals surface area contributed by atoms with E-state index in [1.807, 2.05) is 29.1 Å². The number of nitrogens with one attached hydrogen (secondary N) is 1. The van der Waals surface area contributed by atoms with Gasteiger partial charge in [0, 0.05) is 12.6 Å². The first-order valence-corrected chi connectivity index (χ1v) is 7.13. The van der Waals surface area contributed by atoms with Crippen molar-refractivity contribution in [1.29, 1.82) is 0 Å². The molecule has 0 aliphatic rings. The van der Waals surface area contributed by atoms with Gasteiger partial charge in [0.05, 0.1) is 17.4 Å². The van der Waals surface area contributed by atoms with Gasteiger partial charge in [0.25, 0.3) is 0 Å². The number of benzene rings is 1. The number of hydrogen-bond donors (Lipinski definition) is 1. The highest BCUT2D eigenvalue weighted by molar-refractivity contribution is 5.30. The summed E-state index contributed by atoms with van der Waals surface area (Å²) >= 11 is 0. The van der Waals surface area contributed by atoms with Gasteiger partial charge >= 0.3 is 0 Å². The van der Waals surface area contributed by atoms with Crippen LogP contribution < -0.4 is 5.32 Å². The van der Waals surface area contributed by atoms with Crippen LogP contribution in [0.3, 0.4) is 0 Å². The summed E-state index contributed by atoms with van der Waals surface area (Å²) in [6, 6.07) is 12.5. The van der Waals surface area contributed by atoms with E-state index >= 15 is 0 Å². The second-order valence-electron chi connectivity index (χ2n) is 4.73. The Bertz CT molecular complexity index is 551. The summed E-state index contributed by atoms with van der Waals surface area (Å²) in [6.07, 6.45) is 10.2. The van der Waals surface area contributed by atoms with E-state index < -0.39 is 0 Å². The van der Waals surface area contributed by atoms with Crippen molar-refractivity contribution in [2.45, 2.75) is 32.2 Å². The van der Waals surface area contributed by atoms with Gasteiger partial charge in [0.2, 0.25) is 0 Å². The third-order valence-electron chi connectivity index (χ3n) is 3.25. The molecule has 2 rings (SSSR count). The minimum absolute atomic E-state index is 0.276. The van der Waals surface area contributed by atoms with Crippen LogP contribution in [0.25, 0.3) is 5.69 Å². The molecule has 0 spiro atoms. The number of para-hydroxylation sites is 1. The Morgan fingerprint density at radius 1 is 1.30 bits per heavy atom. The molecule has 0 radical (unpaired) electrons. The Labute approximate surface area is 121 Å². The smallest absolute Gasteiger partial charge is 0.0798 e. The number of unbranched alkanes of at least 4 members (excludes halogenated alkanes) is 1. The molecule has 3 heteroatoms. The van der Waals surface area contributed by atoms with Gasteiger partial charge in [-0.05, 0) is 37.6 Å². The van der Waals surface area contributed by atoms with Crippen molar-refractivity contribution in [1.82, 2.24) is 15.1 Å². The fraction of sp³-hybridized carbons (Fsp3) is 0.353. The minimum atomic E-state index is 0.276. The van der Waals surface area contributed by atoms with Crippen LogP contribution in [-0.2, 0) is 0 Å². The number of rotatable bonds is 7. The molecule has 0 saturated heterocycles. The van der Waals surface area contributed by atoms with Gasteiger partial charge < -0.3 is 5.32 Å². The average Bonchev–Trinajstić information content (AvgIpc) is 2.97. The molecule has 20 heavy (non-hydrogen) atoms. The summed E-state index contributed by atoms with van der Waals surface area (Å²) in [5, 5.41) is 8.16. The minimum Gasteiger partial charge on any atom is -0.309 e. The topological polar surface area (TPSA) is 29.9 Å². The van der Waals surface area contributed by atoms with Crippen molar-refractivity contribution < 1.29 is 0 Å². The predicted octanol–water partition coefficient (Wildman–Crippen LogP) is 3.33. The SMILES string of the molecule is C#CCCCC(NCC)c1ccn(-c2ccccc2)n1. The van der Waals surface area contributed by atoms with E-state index in [0.717, 1.165) is 37.2 Å². The molecule has 0 fully saturated rings. The normalized spacial score (nSPS) is 12.0. The van der Waals surface area contributed by atoms with E-state index in [0.29, 0.717) is 0 Å². The van der Waals surface area contributed by atoms with E-state index in [1.165, 1.54) is 0 Å². The fourth-order valence-corrected chi connectivity index (χ4v) is 2.26. The first kappa shape index (κ1) is 14.4. The molecule has 0 aliphatic carbocycles. The molecule has 1 N–H and O–H groups in total. The third-order valence-corrected chi connectivity index (χ3v) is 3.25. The molecule has 1 unspecified atom stereocenters. The van der Waals surface area contributed by atoms with Crippen LogP contribution in [0.2, 0.25) is 0 Å². The zero-order valence-electron chi connectivity index (χ0n) is 11.9. The fourth-order valence-electron chi connectivity index (χ4n) is 2.26. The Hall–Kier alpha value is -2.05. The lowest BCUT2D eigenvalue weighted by Crippen LogP contribution is -2.21. The van der Waals surface area contributed by atoms with Crippen molar-refractivity contribution in [3.63, 3.8) is 0 Å². The lowest BCUT2D eigenvalue weighted by atomic mass is 10.1. The Morgan fingerprint density at radius 3 is 2.80 bits per heavy atom. The highest BCUT2D eigenvalue weighted by Crippen LogP contribution is 2.18. The van der Waals surface area contributed by atoms with Crippen LogP contribution >= 0.6 is 0 Å². The molecule has 1 aromatic carbocycles. The van der Waals surface area contributed by atoms with Crippen LogP contribution in [0.4, 0.5) is 0 Å². The summed E-state index contributed by atoms with van der Waals surface area (Å²) in [5.41, 5.74) is 2.16. The van der Waals surface area contributed by atoms with Gasteiger partial charge in [0.15, 0.2) is 0 Å². The van der Waals surface area contributed by atoms with Gasteiger partial charge in [-0.3, -0.25) is 0 Å². The lowest BCUT2D eigenvalue weighted by molar-refractivity contribution is 0.488. The Kier molecular flexibility index (Phi) is 5.40. The Morgan fingerprint density at radius 2 is 2.10 bits per heavy atom. The lowest BCUT2D eigenvalue weighted by Gasteiger charge is -2.14. The first-order chi connectivity index (χ1) is 9.85. The molecule has 1 heterocycles. The van der Waals surface area contributed by atoms with Crippen molar-refractivity contribution >= 4 is 0 Å². The molecular weight excluding hydrogens is 246 g/mol. The van der Waals surface area contributed by atoms with Crippen LogP contribution in [-0.4, -0.2) is 16.3 Å². The molecule has 1 aromatic heterocycles. The van der Waals surface area contributed by atoms with E-state index in [-0.39, 0.29) is 6.04 Å². The van der Waals surface area contributed by atoms with Crippen molar-refractivity contribution in [2.75, 3.05) is 6.54 Å². The second-order valence-corrected chi connectivity index (χ2v) is 4.73. The molecular formula is C17H21N3. The van der Waals surface area contributed by atoms with Gasteiger partial charge in [-0.25, -0.2) is 4.68 Å². The van der Waals surface area contributed by atoms with E-state index in [9.17, 15) is 0 Å². The molecule has 3 nitrogen and oxygen atoms in total. The summed E-state index contributed by atoms with van der Waals surface area (Å²) in [5.74, 6) is 2.69. The second kappa shape index (κ2) is 7.52. The molecule has 0 bridgehead atoms. The van der Waals surface area contributed by atoms with E-state index in [2.05, 4.69) is 41.5 Å². The monoisotopic (exact) mass is 267 g/mol. The molecule has 0 amide bonds. The Balaban J connectivity index is 2.10. The zero-order chi connectivity index (χ0) is 14.2. The highest BCUT2D eigenvalue weighted by Gasteiger charge is 2.13. The molecule has 0 saturated carbocycles. The largest absolute Gasteiger partial charge is 0.309 e. The average molecular weight is 267 g/mol. The standard InChI is InChI=1S/C17H21N3/c1-3-5-7-12-16(18-4-2)17-13-14-20(19-17)15-10-8-6-9-11-15/h1,6,8-11,13-14,16,18H,4-5,7,12H2,2H3. The quantitative estimate of drug-likeness (QED) is 0.616. The molecule has 0 aliphatic heterocycles. The van der Waals surface area contributed by atoms with E-state index in [1.54, 1.807) is 0 Å². The number of terminal acetylenes is 1. The van der Waals surface area contributed by atoms with Crippen LogP contribution in [0.15, 0.2) is 42.6 Å². The van der Waals surface area contributed by atoms with Crippen LogP contribution in [0.1, 0.15) is 37.9 Å². The van der Waals surface area contributed by atoms with E-state index in [4.69, 9.17) is 6.42 Å². The molecule has 1 atom stereocenters. The van der Waals surface area contributed by atoms with Crippen molar-refractivity contribution in [3.8, 4) is 18.0 Å². The summed E-state index contributed by atoms with van der Waals surface area (Å²) in [6.45, 7) is 3.04. The van der Waals surface area contributed by atoms with Gasteiger partial charge in [0.1, 0.15) is 0 Å². The number of hydrogen-bond acceptors (Lipinski definition) is 2. The van der Waals surface area contributed by atoms with Gasteiger partial charge in [-0.2, -0.15) is 5.10 Å². The third kappa shape index (κ3) is 3.72.